The minimum Gasteiger partial charge on any atom is -0.480 e. The molecule has 0 fully saturated rings. The second-order valence-electron chi connectivity index (χ2n) is 3.32. The number of aliphatic carboxylic acids is 1. The van der Waals surface area contributed by atoms with E-state index in [4.69, 9.17) is 10.4 Å². The van der Waals surface area contributed by atoms with Crippen LogP contribution in [0.2, 0.25) is 0 Å². The lowest BCUT2D eigenvalue weighted by molar-refractivity contribution is -0.385. The van der Waals surface area contributed by atoms with E-state index in [9.17, 15) is 14.9 Å². The van der Waals surface area contributed by atoms with Gasteiger partial charge in [0.05, 0.1) is 4.92 Å². The van der Waals surface area contributed by atoms with Gasteiger partial charge in [-0.25, -0.2) is 0 Å². The molecule has 0 aromatic heterocycles. The number of likely N-dealkylation sites (N-methyl/N-ethyl adjacent to an activating group) is 1. The fourth-order valence-electron chi connectivity index (χ4n) is 1.30. The zero-order chi connectivity index (χ0) is 13.0. The molecule has 0 saturated carbocycles. The number of nitro groups is 1. The Balaban J connectivity index is 3.13. The van der Waals surface area contributed by atoms with Crippen molar-refractivity contribution in [3.05, 3.63) is 33.9 Å². The molecular formula is C10H9N3O4. The van der Waals surface area contributed by atoms with Crippen LogP contribution in [0, 0.1) is 21.4 Å². The van der Waals surface area contributed by atoms with Crippen molar-refractivity contribution in [2.75, 3.05) is 18.5 Å². The lowest BCUT2D eigenvalue weighted by atomic mass is 10.1. The van der Waals surface area contributed by atoms with Crippen molar-refractivity contribution in [1.29, 1.82) is 5.26 Å². The maximum atomic E-state index is 10.7. The first-order valence-electron chi connectivity index (χ1n) is 4.57. The molecule has 0 aliphatic heterocycles. The number of carboxylic acids is 1. The van der Waals surface area contributed by atoms with E-state index in [0.717, 1.165) is 0 Å². The molecule has 1 rings (SSSR count). The van der Waals surface area contributed by atoms with E-state index in [1.165, 1.54) is 30.1 Å². The summed E-state index contributed by atoms with van der Waals surface area (Å²) in [7, 11) is 1.50. The van der Waals surface area contributed by atoms with Gasteiger partial charge in [-0.05, 0) is 12.1 Å². The Morgan fingerprint density at radius 1 is 1.65 bits per heavy atom. The number of benzene rings is 1. The third-order valence-electron chi connectivity index (χ3n) is 2.11. The topological polar surface area (TPSA) is 107 Å². The molecule has 1 aromatic rings. The van der Waals surface area contributed by atoms with Crippen LogP contribution in [0.15, 0.2) is 18.2 Å². The Labute approximate surface area is 96.7 Å². The first-order chi connectivity index (χ1) is 7.95. The van der Waals surface area contributed by atoms with Crippen molar-refractivity contribution in [2.24, 2.45) is 0 Å². The molecule has 0 bridgehead atoms. The molecule has 0 radical (unpaired) electrons. The second-order valence-corrected chi connectivity index (χ2v) is 3.32. The summed E-state index contributed by atoms with van der Waals surface area (Å²) in [4.78, 5) is 21.9. The fraction of sp³-hybridized carbons (Fsp3) is 0.200. The van der Waals surface area contributed by atoms with Gasteiger partial charge in [0, 0.05) is 18.8 Å². The normalized spacial score (nSPS) is 9.41. The largest absolute Gasteiger partial charge is 0.480 e. The monoisotopic (exact) mass is 235 g/mol. The molecule has 0 heterocycles. The second kappa shape index (κ2) is 4.94. The highest BCUT2D eigenvalue weighted by atomic mass is 16.6. The van der Waals surface area contributed by atoms with Gasteiger partial charge < -0.3 is 10.0 Å². The summed E-state index contributed by atoms with van der Waals surface area (Å²) in [6.07, 6.45) is 0. The Kier molecular flexibility index (Phi) is 3.62. The zero-order valence-corrected chi connectivity index (χ0v) is 8.95. The average Bonchev–Trinajstić information content (AvgIpc) is 2.27. The zero-order valence-electron chi connectivity index (χ0n) is 8.95. The molecule has 0 unspecified atom stereocenters. The number of carboxylic acid groups (broad SMARTS) is 1. The molecule has 0 atom stereocenters. The Hall–Kier alpha value is -2.62. The Bertz CT molecular complexity index is 507. The number of rotatable bonds is 4. The van der Waals surface area contributed by atoms with E-state index in [0.29, 0.717) is 5.69 Å². The highest BCUT2D eigenvalue weighted by molar-refractivity contribution is 5.74. The lowest BCUT2D eigenvalue weighted by Crippen LogP contribution is -2.25. The minimum absolute atomic E-state index is 0.0533. The molecule has 0 amide bonds. The highest BCUT2D eigenvalue weighted by Crippen LogP contribution is 2.24. The summed E-state index contributed by atoms with van der Waals surface area (Å²) in [5.41, 5.74) is -0.0113. The maximum Gasteiger partial charge on any atom is 0.323 e. The third kappa shape index (κ3) is 2.92. The molecule has 1 N–H and O–H groups in total. The smallest absolute Gasteiger partial charge is 0.323 e. The highest BCUT2D eigenvalue weighted by Gasteiger charge is 2.16. The van der Waals surface area contributed by atoms with Gasteiger partial charge in [0.1, 0.15) is 18.2 Å². The number of nitriles is 1. The number of carbonyl (C=O) groups is 1. The minimum atomic E-state index is -1.04. The fourth-order valence-corrected chi connectivity index (χ4v) is 1.30. The van der Waals surface area contributed by atoms with Crippen LogP contribution in [-0.2, 0) is 4.79 Å². The van der Waals surface area contributed by atoms with Gasteiger partial charge in [-0.3, -0.25) is 14.9 Å². The van der Waals surface area contributed by atoms with Crippen LogP contribution in [0.25, 0.3) is 0 Å². The van der Waals surface area contributed by atoms with Crippen LogP contribution in [0.3, 0.4) is 0 Å². The van der Waals surface area contributed by atoms with Gasteiger partial charge in [0.15, 0.2) is 0 Å². The number of nitrogens with zero attached hydrogens (tertiary/aromatic N) is 3. The van der Waals surface area contributed by atoms with Crippen molar-refractivity contribution in [3.8, 4) is 6.07 Å². The van der Waals surface area contributed by atoms with Crippen LogP contribution in [-0.4, -0.2) is 29.6 Å². The van der Waals surface area contributed by atoms with Crippen LogP contribution in [0.1, 0.15) is 5.56 Å². The molecule has 0 aliphatic rings. The van der Waals surface area contributed by atoms with Gasteiger partial charge in [-0.15, -0.1) is 0 Å². The van der Waals surface area contributed by atoms with Gasteiger partial charge >= 0.3 is 5.97 Å². The van der Waals surface area contributed by atoms with Crippen molar-refractivity contribution in [1.82, 2.24) is 0 Å². The number of nitro benzene ring substituents is 1. The Morgan fingerprint density at radius 3 is 2.76 bits per heavy atom. The SMILES string of the molecule is CN(CC(=O)O)c1ccc(C#N)c([N+](=O)[O-])c1. The first kappa shape index (κ1) is 12.4. The molecule has 7 nitrogen and oxygen atoms in total. The standard InChI is InChI=1S/C10H9N3O4/c1-12(6-10(14)15)8-3-2-7(5-11)9(4-8)13(16)17/h2-4H,6H2,1H3,(H,14,15). The van der Waals surface area contributed by atoms with E-state index >= 15 is 0 Å². The summed E-state index contributed by atoms with van der Waals surface area (Å²) in [5.74, 6) is -1.04. The quantitative estimate of drug-likeness (QED) is 0.615. The van der Waals surface area contributed by atoms with Gasteiger partial charge in [0.2, 0.25) is 0 Å². The molecule has 0 aliphatic carbocycles. The lowest BCUT2D eigenvalue weighted by Gasteiger charge is -2.16. The average molecular weight is 235 g/mol. The molecule has 88 valence electrons. The predicted octanol–water partition coefficient (Wildman–Crippen LogP) is 0.987. The molecule has 7 heteroatoms. The molecule has 0 spiro atoms. The van der Waals surface area contributed by atoms with Crippen molar-refractivity contribution >= 4 is 17.3 Å². The van der Waals surface area contributed by atoms with Gasteiger partial charge in [-0.1, -0.05) is 0 Å². The van der Waals surface area contributed by atoms with Crippen molar-refractivity contribution in [3.63, 3.8) is 0 Å². The van der Waals surface area contributed by atoms with Crippen LogP contribution in [0.5, 0.6) is 0 Å². The van der Waals surface area contributed by atoms with Crippen LogP contribution < -0.4 is 4.90 Å². The Morgan fingerprint density at radius 2 is 2.29 bits per heavy atom. The third-order valence-corrected chi connectivity index (χ3v) is 2.11. The van der Waals surface area contributed by atoms with Crippen molar-refractivity contribution < 1.29 is 14.8 Å². The van der Waals surface area contributed by atoms with Gasteiger partial charge in [0.25, 0.3) is 5.69 Å². The van der Waals surface area contributed by atoms with Gasteiger partial charge in [-0.2, -0.15) is 5.26 Å². The maximum absolute atomic E-state index is 10.7. The molecule has 1 aromatic carbocycles. The van der Waals surface area contributed by atoms with Crippen LogP contribution >= 0.6 is 0 Å². The van der Waals surface area contributed by atoms with E-state index < -0.39 is 10.9 Å². The van der Waals surface area contributed by atoms with E-state index in [1.54, 1.807) is 6.07 Å². The molecule has 17 heavy (non-hydrogen) atoms. The summed E-state index contributed by atoms with van der Waals surface area (Å²) in [5, 5.41) is 28.0. The predicted molar refractivity (Wildman–Crippen MR) is 58.7 cm³/mol. The first-order valence-corrected chi connectivity index (χ1v) is 4.57. The summed E-state index contributed by atoms with van der Waals surface area (Å²) < 4.78 is 0. The van der Waals surface area contributed by atoms with Crippen LogP contribution in [0.4, 0.5) is 11.4 Å². The summed E-state index contributed by atoms with van der Waals surface area (Å²) >= 11 is 0. The molecular weight excluding hydrogens is 226 g/mol. The van der Waals surface area contributed by atoms with E-state index in [-0.39, 0.29) is 17.8 Å². The number of hydrogen-bond donors (Lipinski definition) is 1. The van der Waals surface area contributed by atoms with E-state index in [1.807, 2.05) is 0 Å². The number of hydrogen-bond acceptors (Lipinski definition) is 5. The summed E-state index contributed by atoms with van der Waals surface area (Å²) in [6.45, 7) is -0.275. The number of anilines is 1. The van der Waals surface area contributed by atoms with Crippen molar-refractivity contribution in [2.45, 2.75) is 0 Å². The van der Waals surface area contributed by atoms with E-state index in [2.05, 4.69) is 0 Å². The molecule has 0 saturated heterocycles. The summed E-state index contributed by atoms with van der Waals surface area (Å²) in [6, 6.07) is 5.65.